The summed E-state index contributed by atoms with van der Waals surface area (Å²) in [5.41, 5.74) is 2.52. The van der Waals surface area contributed by atoms with Crippen molar-refractivity contribution in [3.63, 3.8) is 0 Å². The van der Waals surface area contributed by atoms with Crippen molar-refractivity contribution >= 4 is 28.6 Å². The highest BCUT2D eigenvalue weighted by Crippen LogP contribution is 2.31. The zero-order chi connectivity index (χ0) is 21.3. The number of amides is 1. The lowest BCUT2D eigenvalue weighted by Crippen LogP contribution is -2.15. The highest BCUT2D eigenvalue weighted by molar-refractivity contribution is 7.14. The van der Waals surface area contributed by atoms with Gasteiger partial charge in [0.2, 0.25) is 4.80 Å². The summed E-state index contributed by atoms with van der Waals surface area (Å²) in [6.07, 6.45) is 2.83. The number of aromatic nitrogens is 1. The van der Waals surface area contributed by atoms with Crippen LogP contribution in [0, 0.1) is 0 Å². The lowest BCUT2D eigenvalue weighted by Gasteiger charge is -2.10. The molecule has 1 aromatic heterocycles. The molecular formula is C22H22N4O3S. The summed E-state index contributed by atoms with van der Waals surface area (Å²) >= 11 is 1.30. The number of carbonyl (C=O) groups excluding carboxylic acids is 1. The van der Waals surface area contributed by atoms with E-state index in [4.69, 9.17) is 4.74 Å². The van der Waals surface area contributed by atoms with Crippen molar-refractivity contribution in [1.82, 2.24) is 4.57 Å². The minimum Gasteiger partial charge on any atom is -0.508 e. The number of rotatable bonds is 7. The fourth-order valence-electron chi connectivity index (χ4n) is 2.72. The fourth-order valence-corrected chi connectivity index (χ4v) is 3.72. The molecule has 0 saturated heterocycles. The first-order chi connectivity index (χ1) is 14.6. The van der Waals surface area contributed by atoms with Crippen molar-refractivity contribution in [2.45, 2.75) is 13.5 Å². The number of anilines is 1. The summed E-state index contributed by atoms with van der Waals surface area (Å²) in [4.78, 5) is 12.7. The number of phenols is 1. The second-order valence-corrected chi connectivity index (χ2v) is 7.09. The first-order valence-corrected chi connectivity index (χ1v) is 10.1. The van der Waals surface area contributed by atoms with Gasteiger partial charge in [-0.05, 0) is 36.8 Å². The molecule has 0 saturated carbocycles. The van der Waals surface area contributed by atoms with E-state index in [1.54, 1.807) is 43.5 Å². The van der Waals surface area contributed by atoms with E-state index < -0.39 is 6.09 Å². The number of ether oxygens (including phenoxy) is 1. The highest BCUT2D eigenvalue weighted by Gasteiger charge is 2.17. The normalized spacial score (nSPS) is 11.6. The molecule has 0 aliphatic carbocycles. The van der Waals surface area contributed by atoms with Gasteiger partial charge in [0.1, 0.15) is 10.8 Å². The Morgan fingerprint density at radius 2 is 1.97 bits per heavy atom. The Hall–Kier alpha value is -3.65. The zero-order valence-corrected chi connectivity index (χ0v) is 17.3. The van der Waals surface area contributed by atoms with Crippen molar-refractivity contribution < 1.29 is 14.6 Å². The Morgan fingerprint density at radius 1 is 1.23 bits per heavy atom. The van der Waals surface area contributed by atoms with Crippen molar-refractivity contribution in [1.29, 1.82) is 0 Å². The summed E-state index contributed by atoms with van der Waals surface area (Å²) < 4.78 is 6.97. The van der Waals surface area contributed by atoms with E-state index in [0.29, 0.717) is 16.3 Å². The largest absolute Gasteiger partial charge is 0.508 e. The predicted octanol–water partition coefficient (Wildman–Crippen LogP) is 4.61. The molecule has 0 bridgehead atoms. The van der Waals surface area contributed by atoms with Crippen LogP contribution in [-0.4, -0.2) is 28.6 Å². The number of nitrogens with one attached hydrogen (secondary N) is 1. The molecule has 30 heavy (non-hydrogen) atoms. The quantitative estimate of drug-likeness (QED) is 0.331. The van der Waals surface area contributed by atoms with Crippen LogP contribution in [0.4, 0.5) is 9.80 Å². The maximum absolute atomic E-state index is 12.1. The molecule has 0 radical (unpaired) electrons. The van der Waals surface area contributed by atoms with Crippen molar-refractivity contribution in [2.24, 2.45) is 10.2 Å². The van der Waals surface area contributed by atoms with Gasteiger partial charge >= 0.3 is 6.09 Å². The summed E-state index contributed by atoms with van der Waals surface area (Å²) in [6, 6.07) is 16.4. The summed E-state index contributed by atoms with van der Waals surface area (Å²) in [5, 5.41) is 21.3. The van der Waals surface area contributed by atoms with Crippen LogP contribution in [0.5, 0.6) is 5.75 Å². The van der Waals surface area contributed by atoms with Gasteiger partial charge in [0.15, 0.2) is 0 Å². The van der Waals surface area contributed by atoms with Crippen molar-refractivity contribution in [2.75, 3.05) is 11.9 Å². The van der Waals surface area contributed by atoms with E-state index in [0.717, 1.165) is 16.8 Å². The topological polar surface area (TPSA) is 88.2 Å². The maximum atomic E-state index is 12.1. The molecule has 2 aromatic carbocycles. The van der Waals surface area contributed by atoms with Gasteiger partial charge in [-0.2, -0.15) is 5.10 Å². The molecule has 2 N–H and O–H groups in total. The number of benzene rings is 2. The Labute approximate surface area is 178 Å². The molecule has 1 amide bonds. The van der Waals surface area contributed by atoms with Gasteiger partial charge < -0.3 is 14.4 Å². The van der Waals surface area contributed by atoms with Crippen LogP contribution in [0.3, 0.4) is 0 Å². The molecule has 3 aromatic rings. The molecule has 3 rings (SSSR count). The highest BCUT2D eigenvalue weighted by atomic mass is 32.1. The lowest BCUT2D eigenvalue weighted by atomic mass is 10.1. The summed E-state index contributed by atoms with van der Waals surface area (Å²) in [7, 11) is 0. The Balaban J connectivity index is 2.07. The van der Waals surface area contributed by atoms with E-state index in [1.807, 2.05) is 34.9 Å². The Morgan fingerprint density at radius 3 is 2.63 bits per heavy atom. The number of carbonyl (C=O) groups is 1. The molecule has 8 heteroatoms. The molecule has 0 spiro atoms. The fraction of sp³-hybridized carbons (Fsp3) is 0.136. The van der Waals surface area contributed by atoms with Crippen LogP contribution in [0.1, 0.15) is 12.5 Å². The van der Waals surface area contributed by atoms with Crippen LogP contribution < -0.4 is 10.1 Å². The average Bonchev–Trinajstić information content (AvgIpc) is 3.07. The number of hydrogen-bond donors (Lipinski definition) is 2. The van der Waals surface area contributed by atoms with Gasteiger partial charge in [-0.1, -0.05) is 47.7 Å². The first kappa shape index (κ1) is 21.1. The smallest absolute Gasteiger partial charge is 0.412 e. The number of nitrogens with zero attached hydrogens (tertiary/aromatic N) is 3. The Bertz CT molecular complexity index is 1100. The monoisotopic (exact) mass is 422 g/mol. The molecule has 0 fully saturated rings. The maximum Gasteiger partial charge on any atom is 0.412 e. The number of thiazole rings is 1. The average molecular weight is 423 g/mol. The van der Waals surface area contributed by atoms with Crippen LogP contribution >= 0.6 is 11.3 Å². The molecule has 154 valence electrons. The summed E-state index contributed by atoms with van der Waals surface area (Å²) in [6.45, 7) is 6.35. The summed E-state index contributed by atoms with van der Waals surface area (Å²) in [5.74, 6) is 0.188. The van der Waals surface area contributed by atoms with E-state index in [-0.39, 0.29) is 12.4 Å². The van der Waals surface area contributed by atoms with Crippen LogP contribution in [-0.2, 0) is 11.3 Å². The second-order valence-electron chi connectivity index (χ2n) is 6.11. The molecule has 0 aliphatic heterocycles. The first-order valence-electron chi connectivity index (χ1n) is 9.32. The standard InChI is InChI=1S/C22H22N4O3S/c1-3-14-26-19(17-8-6-5-7-9-17)20(24-22(28)29-4-2)30-21(26)25-23-15-16-10-12-18(27)13-11-16/h3,5-13,15,27H,1,4,14H2,2H3,(H,24,28)/b23-15-,25-21+. The minimum absolute atomic E-state index is 0.188. The van der Waals surface area contributed by atoms with Gasteiger partial charge in [0.25, 0.3) is 0 Å². The van der Waals surface area contributed by atoms with Gasteiger partial charge in [0.05, 0.1) is 18.5 Å². The third-order valence-electron chi connectivity index (χ3n) is 4.00. The van der Waals surface area contributed by atoms with Gasteiger partial charge in [-0.3, -0.25) is 5.32 Å². The SMILES string of the molecule is C=CCn1c(-c2ccccc2)c(NC(=O)OCC)s/c1=N/N=C\c1ccc(O)cc1. The van der Waals surface area contributed by atoms with E-state index >= 15 is 0 Å². The van der Waals surface area contributed by atoms with Gasteiger partial charge in [-0.15, -0.1) is 11.7 Å². The predicted molar refractivity (Wildman–Crippen MR) is 120 cm³/mol. The number of aromatic hydroxyl groups is 1. The molecule has 0 aliphatic rings. The van der Waals surface area contributed by atoms with E-state index in [2.05, 4.69) is 22.1 Å². The third-order valence-corrected chi connectivity index (χ3v) is 4.99. The van der Waals surface area contributed by atoms with Gasteiger partial charge in [-0.25, -0.2) is 4.79 Å². The molecule has 0 atom stereocenters. The van der Waals surface area contributed by atoms with Gasteiger partial charge in [0, 0.05) is 12.1 Å². The lowest BCUT2D eigenvalue weighted by molar-refractivity contribution is 0.168. The third kappa shape index (κ3) is 5.24. The van der Waals surface area contributed by atoms with Crippen molar-refractivity contribution in [3.8, 4) is 17.0 Å². The molecular weight excluding hydrogens is 400 g/mol. The molecule has 0 unspecified atom stereocenters. The number of hydrogen-bond acceptors (Lipinski definition) is 6. The van der Waals surface area contributed by atoms with E-state index in [1.165, 1.54) is 11.3 Å². The molecule has 1 heterocycles. The molecule has 7 nitrogen and oxygen atoms in total. The van der Waals surface area contributed by atoms with Crippen LogP contribution in [0.15, 0.2) is 77.5 Å². The Kier molecular flexibility index (Phi) is 7.18. The minimum atomic E-state index is -0.527. The van der Waals surface area contributed by atoms with Crippen LogP contribution in [0.25, 0.3) is 11.3 Å². The van der Waals surface area contributed by atoms with E-state index in [9.17, 15) is 9.90 Å². The van der Waals surface area contributed by atoms with Crippen LogP contribution in [0.2, 0.25) is 0 Å². The zero-order valence-electron chi connectivity index (χ0n) is 16.5. The number of allylic oxidation sites excluding steroid dienone is 1. The number of phenolic OH excluding ortho intramolecular Hbond substituents is 1. The second kappa shape index (κ2) is 10.2. The van der Waals surface area contributed by atoms with Crippen molar-refractivity contribution in [3.05, 3.63) is 77.6 Å².